The van der Waals surface area contributed by atoms with Gasteiger partial charge in [0.05, 0.1) is 5.02 Å². The Bertz CT molecular complexity index is 476. The van der Waals surface area contributed by atoms with E-state index in [-0.39, 0.29) is 16.0 Å². The van der Waals surface area contributed by atoms with E-state index in [9.17, 15) is 8.42 Å². The molecule has 0 N–H and O–H groups in total. The average Bonchev–Trinajstić information content (AvgIpc) is 2.28. The van der Waals surface area contributed by atoms with Gasteiger partial charge in [-0.15, -0.1) is 0 Å². The van der Waals surface area contributed by atoms with E-state index in [0.717, 1.165) is 12.8 Å². The summed E-state index contributed by atoms with van der Waals surface area (Å²) in [5, 5.41) is 0.204. The summed E-state index contributed by atoms with van der Waals surface area (Å²) in [5.74, 6) is 0. The number of aromatic nitrogens is 1. The Kier molecular flexibility index (Phi) is 4.91. The van der Waals surface area contributed by atoms with Crippen molar-refractivity contribution in [1.82, 2.24) is 9.29 Å². The van der Waals surface area contributed by atoms with Gasteiger partial charge in [0.2, 0.25) is 10.0 Å². The van der Waals surface area contributed by atoms with Crippen LogP contribution in [-0.4, -0.2) is 30.8 Å². The molecule has 0 bridgehead atoms. The van der Waals surface area contributed by atoms with Crippen LogP contribution in [0.1, 0.15) is 26.7 Å². The van der Waals surface area contributed by atoms with Crippen molar-refractivity contribution in [1.29, 1.82) is 0 Å². The van der Waals surface area contributed by atoms with Gasteiger partial charge in [-0.25, -0.2) is 8.42 Å². The van der Waals surface area contributed by atoms with Gasteiger partial charge >= 0.3 is 0 Å². The molecule has 96 valence electrons. The molecule has 0 aliphatic rings. The lowest BCUT2D eigenvalue weighted by atomic mass is 10.2. The predicted octanol–water partition coefficient (Wildman–Crippen LogP) is 2.54. The highest BCUT2D eigenvalue weighted by molar-refractivity contribution is 7.89. The van der Waals surface area contributed by atoms with Crippen LogP contribution in [0.15, 0.2) is 23.4 Å². The summed E-state index contributed by atoms with van der Waals surface area (Å²) in [6.45, 7) is 3.90. The standard InChI is InChI=1S/C11H17ClN2O2S/c1-4-5-9(2)14(3)17(15,16)11-8-13-7-6-10(11)12/h6-9H,4-5H2,1-3H3. The van der Waals surface area contributed by atoms with Gasteiger partial charge in [-0.2, -0.15) is 4.31 Å². The van der Waals surface area contributed by atoms with Crippen LogP contribution in [0.5, 0.6) is 0 Å². The second kappa shape index (κ2) is 5.80. The first-order chi connectivity index (χ1) is 7.91. The topological polar surface area (TPSA) is 50.3 Å². The number of hydrogen-bond donors (Lipinski definition) is 0. The number of halogens is 1. The van der Waals surface area contributed by atoms with E-state index in [1.807, 2.05) is 13.8 Å². The third kappa shape index (κ3) is 3.18. The number of pyridine rings is 1. The Morgan fingerprint density at radius 1 is 1.53 bits per heavy atom. The zero-order valence-corrected chi connectivity index (χ0v) is 11.8. The maximum Gasteiger partial charge on any atom is 0.246 e. The molecule has 4 nitrogen and oxygen atoms in total. The lowest BCUT2D eigenvalue weighted by molar-refractivity contribution is 0.368. The molecule has 0 saturated carbocycles. The molecule has 1 unspecified atom stereocenters. The van der Waals surface area contributed by atoms with Gasteiger partial charge in [0, 0.05) is 25.5 Å². The van der Waals surface area contributed by atoms with Gasteiger partial charge in [-0.05, 0) is 19.4 Å². The molecule has 0 amide bonds. The monoisotopic (exact) mass is 276 g/mol. The van der Waals surface area contributed by atoms with Crippen molar-refractivity contribution in [3.8, 4) is 0 Å². The van der Waals surface area contributed by atoms with Crippen molar-refractivity contribution in [2.24, 2.45) is 0 Å². The van der Waals surface area contributed by atoms with Crippen molar-refractivity contribution >= 4 is 21.6 Å². The zero-order chi connectivity index (χ0) is 13.1. The fourth-order valence-electron chi connectivity index (χ4n) is 1.54. The van der Waals surface area contributed by atoms with Crippen LogP contribution >= 0.6 is 11.6 Å². The molecule has 0 aliphatic heterocycles. The summed E-state index contributed by atoms with van der Waals surface area (Å²) in [5.41, 5.74) is 0. The fourth-order valence-corrected chi connectivity index (χ4v) is 3.34. The molecule has 1 rings (SSSR count). The molecule has 1 heterocycles. The number of sulfonamides is 1. The molecule has 6 heteroatoms. The SMILES string of the molecule is CCCC(C)N(C)S(=O)(=O)c1cnccc1Cl. The smallest absolute Gasteiger partial charge is 0.246 e. The van der Waals surface area contributed by atoms with E-state index in [2.05, 4.69) is 4.98 Å². The second-order valence-electron chi connectivity index (χ2n) is 3.97. The quantitative estimate of drug-likeness (QED) is 0.830. The summed E-state index contributed by atoms with van der Waals surface area (Å²) in [4.78, 5) is 3.87. The van der Waals surface area contributed by atoms with Gasteiger partial charge in [-0.1, -0.05) is 24.9 Å². The third-order valence-corrected chi connectivity index (χ3v) is 5.16. The molecule has 1 atom stereocenters. The van der Waals surface area contributed by atoms with Crippen LogP contribution < -0.4 is 0 Å². The molecular weight excluding hydrogens is 260 g/mol. The number of rotatable bonds is 5. The predicted molar refractivity (Wildman–Crippen MR) is 68.6 cm³/mol. The Balaban J connectivity index is 3.08. The van der Waals surface area contributed by atoms with Crippen LogP contribution in [0.25, 0.3) is 0 Å². The van der Waals surface area contributed by atoms with Gasteiger partial charge < -0.3 is 0 Å². The molecule has 17 heavy (non-hydrogen) atoms. The van der Waals surface area contributed by atoms with E-state index < -0.39 is 10.0 Å². The normalized spacial score (nSPS) is 13.9. The van der Waals surface area contributed by atoms with Crippen LogP contribution in [-0.2, 0) is 10.0 Å². The van der Waals surface area contributed by atoms with E-state index in [1.165, 1.54) is 22.8 Å². The van der Waals surface area contributed by atoms with Gasteiger partial charge in [-0.3, -0.25) is 4.98 Å². The van der Waals surface area contributed by atoms with Crippen LogP contribution in [0.4, 0.5) is 0 Å². The summed E-state index contributed by atoms with van der Waals surface area (Å²) in [6.07, 6.45) is 4.50. The molecule has 1 aromatic heterocycles. The minimum absolute atomic E-state index is 0.0544. The molecule has 0 aromatic carbocycles. The van der Waals surface area contributed by atoms with Crippen molar-refractivity contribution in [2.45, 2.75) is 37.6 Å². The lowest BCUT2D eigenvalue weighted by Crippen LogP contribution is -2.35. The molecule has 1 aromatic rings. The summed E-state index contributed by atoms with van der Waals surface area (Å²) in [6, 6.07) is 1.42. The Morgan fingerprint density at radius 3 is 2.71 bits per heavy atom. The summed E-state index contributed by atoms with van der Waals surface area (Å²) < 4.78 is 25.9. The first kappa shape index (κ1) is 14.4. The van der Waals surface area contributed by atoms with Gasteiger partial charge in [0.1, 0.15) is 4.90 Å². The first-order valence-corrected chi connectivity index (χ1v) is 7.30. The zero-order valence-electron chi connectivity index (χ0n) is 10.2. The average molecular weight is 277 g/mol. The van der Waals surface area contributed by atoms with Crippen molar-refractivity contribution in [3.05, 3.63) is 23.5 Å². The molecule has 0 fully saturated rings. The van der Waals surface area contributed by atoms with E-state index >= 15 is 0 Å². The highest BCUT2D eigenvalue weighted by atomic mass is 35.5. The fraction of sp³-hybridized carbons (Fsp3) is 0.545. The third-order valence-electron chi connectivity index (χ3n) is 2.72. The maximum atomic E-state index is 12.3. The van der Waals surface area contributed by atoms with E-state index in [0.29, 0.717) is 0 Å². The summed E-state index contributed by atoms with van der Waals surface area (Å²) in [7, 11) is -1.98. The largest absolute Gasteiger partial charge is 0.263 e. The van der Waals surface area contributed by atoms with Gasteiger partial charge in [0.15, 0.2) is 0 Å². The molecular formula is C11H17ClN2O2S. The van der Waals surface area contributed by atoms with Crippen LogP contribution in [0.3, 0.4) is 0 Å². The van der Waals surface area contributed by atoms with Gasteiger partial charge in [0.25, 0.3) is 0 Å². The minimum atomic E-state index is -3.55. The maximum absolute atomic E-state index is 12.3. The highest BCUT2D eigenvalue weighted by Crippen LogP contribution is 2.24. The van der Waals surface area contributed by atoms with Crippen LogP contribution in [0, 0.1) is 0 Å². The van der Waals surface area contributed by atoms with E-state index in [4.69, 9.17) is 11.6 Å². The lowest BCUT2D eigenvalue weighted by Gasteiger charge is -2.24. The van der Waals surface area contributed by atoms with Crippen molar-refractivity contribution in [2.75, 3.05) is 7.05 Å². The second-order valence-corrected chi connectivity index (χ2v) is 6.34. The summed E-state index contributed by atoms with van der Waals surface area (Å²) >= 11 is 5.89. The van der Waals surface area contributed by atoms with Crippen molar-refractivity contribution in [3.63, 3.8) is 0 Å². The number of hydrogen-bond acceptors (Lipinski definition) is 3. The molecule has 0 spiro atoms. The Labute approximate surface area is 108 Å². The Hall–Kier alpha value is -0.650. The molecule has 0 radical (unpaired) electrons. The van der Waals surface area contributed by atoms with E-state index in [1.54, 1.807) is 7.05 Å². The molecule has 0 saturated heterocycles. The first-order valence-electron chi connectivity index (χ1n) is 5.48. The van der Waals surface area contributed by atoms with Crippen molar-refractivity contribution < 1.29 is 8.42 Å². The minimum Gasteiger partial charge on any atom is -0.263 e. The molecule has 0 aliphatic carbocycles. The van der Waals surface area contributed by atoms with Crippen LogP contribution in [0.2, 0.25) is 5.02 Å². The highest BCUT2D eigenvalue weighted by Gasteiger charge is 2.27. The number of nitrogens with zero attached hydrogens (tertiary/aromatic N) is 2. The Morgan fingerprint density at radius 2 is 2.18 bits per heavy atom.